The van der Waals surface area contributed by atoms with Gasteiger partial charge in [0.15, 0.2) is 0 Å². The molecular formula is C19H24N6. The van der Waals surface area contributed by atoms with Gasteiger partial charge in [0, 0.05) is 38.4 Å². The van der Waals surface area contributed by atoms with Gasteiger partial charge in [-0.05, 0) is 23.7 Å². The molecule has 6 heteroatoms. The van der Waals surface area contributed by atoms with Gasteiger partial charge < -0.3 is 15.6 Å². The van der Waals surface area contributed by atoms with Crippen LogP contribution in [-0.2, 0) is 6.54 Å². The summed E-state index contributed by atoms with van der Waals surface area (Å²) < 4.78 is 0. The second-order valence-electron chi connectivity index (χ2n) is 6.61. The van der Waals surface area contributed by atoms with E-state index in [1.807, 2.05) is 6.07 Å². The summed E-state index contributed by atoms with van der Waals surface area (Å²) in [6.45, 7) is 9.05. The standard InChI is InChI=1S/C19H24N6/c1-2-24-7-9-25(10-8-24)12-14-3-5-15(6-4-14)17-11-16-18(20)21-13-22-19(16)23-17/h3-6,11,13H,2,7-10,12H2,1H3,(H3,20,21,22,23). The van der Waals surface area contributed by atoms with Crippen molar-refractivity contribution in [2.24, 2.45) is 0 Å². The Labute approximate surface area is 147 Å². The van der Waals surface area contributed by atoms with E-state index in [1.165, 1.54) is 25.0 Å². The number of fused-ring (bicyclic) bond motifs is 1. The van der Waals surface area contributed by atoms with Crippen LogP contribution >= 0.6 is 0 Å². The van der Waals surface area contributed by atoms with Crippen LogP contribution in [0, 0.1) is 0 Å². The van der Waals surface area contributed by atoms with Crippen molar-refractivity contribution in [2.75, 3.05) is 38.5 Å². The average molecular weight is 336 g/mol. The minimum atomic E-state index is 0.510. The summed E-state index contributed by atoms with van der Waals surface area (Å²) in [6, 6.07) is 10.8. The highest BCUT2D eigenvalue weighted by molar-refractivity contribution is 5.90. The molecule has 0 saturated carbocycles. The molecule has 1 aliphatic heterocycles. The molecule has 0 atom stereocenters. The number of benzene rings is 1. The first kappa shape index (κ1) is 16.1. The van der Waals surface area contributed by atoms with Gasteiger partial charge >= 0.3 is 0 Å². The van der Waals surface area contributed by atoms with Crippen LogP contribution in [0.2, 0.25) is 0 Å². The van der Waals surface area contributed by atoms with E-state index in [4.69, 9.17) is 5.73 Å². The number of nitrogens with zero attached hydrogens (tertiary/aromatic N) is 4. The van der Waals surface area contributed by atoms with E-state index in [0.717, 1.165) is 48.5 Å². The van der Waals surface area contributed by atoms with Crippen LogP contribution < -0.4 is 5.73 Å². The fourth-order valence-corrected chi connectivity index (χ4v) is 3.43. The molecule has 0 bridgehead atoms. The fraction of sp³-hybridized carbons (Fsp3) is 0.368. The van der Waals surface area contributed by atoms with E-state index < -0.39 is 0 Å². The third kappa shape index (κ3) is 3.36. The minimum Gasteiger partial charge on any atom is -0.383 e. The van der Waals surface area contributed by atoms with Gasteiger partial charge in [0.2, 0.25) is 0 Å². The number of aromatic amines is 1. The molecular weight excluding hydrogens is 312 g/mol. The zero-order valence-electron chi connectivity index (χ0n) is 14.6. The zero-order valence-corrected chi connectivity index (χ0v) is 14.6. The lowest BCUT2D eigenvalue weighted by molar-refractivity contribution is 0.132. The molecule has 2 aromatic heterocycles. The number of nitrogens with one attached hydrogen (secondary N) is 1. The van der Waals surface area contributed by atoms with Crippen molar-refractivity contribution in [3.63, 3.8) is 0 Å². The molecule has 1 fully saturated rings. The number of likely N-dealkylation sites (N-methyl/N-ethyl adjacent to an activating group) is 1. The van der Waals surface area contributed by atoms with E-state index in [-0.39, 0.29) is 0 Å². The van der Waals surface area contributed by atoms with E-state index in [1.54, 1.807) is 0 Å². The van der Waals surface area contributed by atoms with Gasteiger partial charge in [-0.1, -0.05) is 31.2 Å². The van der Waals surface area contributed by atoms with Crippen LogP contribution in [0.4, 0.5) is 5.82 Å². The van der Waals surface area contributed by atoms with E-state index in [2.05, 4.69) is 55.9 Å². The number of anilines is 1. The van der Waals surface area contributed by atoms with Crippen molar-refractivity contribution in [3.8, 4) is 11.3 Å². The molecule has 130 valence electrons. The van der Waals surface area contributed by atoms with Gasteiger partial charge in [0.25, 0.3) is 0 Å². The Hall–Kier alpha value is -2.44. The molecule has 0 unspecified atom stereocenters. The molecule has 25 heavy (non-hydrogen) atoms. The van der Waals surface area contributed by atoms with Gasteiger partial charge in [-0.3, -0.25) is 4.90 Å². The predicted molar refractivity (Wildman–Crippen MR) is 101 cm³/mol. The number of H-pyrrole nitrogens is 1. The van der Waals surface area contributed by atoms with Crippen molar-refractivity contribution < 1.29 is 0 Å². The molecule has 0 aliphatic carbocycles. The first-order valence-electron chi connectivity index (χ1n) is 8.86. The largest absolute Gasteiger partial charge is 0.383 e. The van der Waals surface area contributed by atoms with E-state index in [0.29, 0.717) is 5.82 Å². The van der Waals surface area contributed by atoms with Gasteiger partial charge in [-0.15, -0.1) is 0 Å². The zero-order chi connectivity index (χ0) is 17.2. The highest BCUT2D eigenvalue weighted by Gasteiger charge is 2.15. The number of aromatic nitrogens is 3. The van der Waals surface area contributed by atoms with Crippen LogP contribution in [-0.4, -0.2) is 57.5 Å². The smallest absolute Gasteiger partial charge is 0.143 e. The molecule has 1 aromatic carbocycles. The van der Waals surface area contributed by atoms with Crippen molar-refractivity contribution >= 4 is 16.9 Å². The third-order valence-electron chi connectivity index (χ3n) is 5.04. The molecule has 3 aromatic rings. The SMILES string of the molecule is CCN1CCN(Cc2ccc(-c3cc4c(N)ncnc4[nH]3)cc2)CC1. The summed E-state index contributed by atoms with van der Waals surface area (Å²) in [5, 5.41) is 0.871. The van der Waals surface area contributed by atoms with Crippen molar-refractivity contribution in [2.45, 2.75) is 13.5 Å². The molecule has 3 N–H and O–H groups in total. The first-order valence-corrected chi connectivity index (χ1v) is 8.86. The quantitative estimate of drug-likeness (QED) is 0.765. The van der Waals surface area contributed by atoms with Gasteiger partial charge in [0.05, 0.1) is 5.39 Å². The predicted octanol–water partition coefficient (Wildman–Crippen LogP) is 2.34. The van der Waals surface area contributed by atoms with Gasteiger partial charge in [-0.2, -0.15) is 0 Å². The Morgan fingerprint density at radius 2 is 1.76 bits per heavy atom. The number of rotatable bonds is 4. The highest BCUT2D eigenvalue weighted by atomic mass is 15.3. The minimum absolute atomic E-state index is 0.510. The third-order valence-corrected chi connectivity index (χ3v) is 5.04. The van der Waals surface area contributed by atoms with E-state index >= 15 is 0 Å². The summed E-state index contributed by atoms with van der Waals surface area (Å²) in [6.07, 6.45) is 1.49. The monoisotopic (exact) mass is 336 g/mol. The van der Waals surface area contributed by atoms with Crippen LogP contribution in [0.25, 0.3) is 22.3 Å². The summed E-state index contributed by atoms with van der Waals surface area (Å²) in [4.78, 5) is 16.6. The highest BCUT2D eigenvalue weighted by Crippen LogP contribution is 2.25. The molecule has 0 amide bonds. The lowest BCUT2D eigenvalue weighted by Crippen LogP contribution is -2.45. The molecule has 1 saturated heterocycles. The molecule has 3 heterocycles. The number of piperazine rings is 1. The van der Waals surface area contributed by atoms with Gasteiger partial charge in [-0.25, -0.2) is 9.97 Å². The Balaban J connectivity index is 1.47. The van der Waals surface area contributed by atoms with Crippen LogP contribution in [0.5, 0.6) is 0 Å². The van der Waals surface area contributed by atoms with Gasteiger partial charge in [0.1, 0.15) is 17.8 Å². The maximum Gasteiger partial charge on any atom is 0.143 e. The Morgan fingerprint density at radius 1 is 1.04 bits per heavy atom. The lowest BCUT2D eigenvalue weighted by atomic mass is 10.1. The normalized spacial score (nSPS) is 16.5. The Kier molecular flexibility index (Phi) is 4.38. The number of hydrogen-bond donors (Lipinski definition) is 2. The van der Waals surface area contributed by atoms with Crippen molar-refractivity contribution in [1.29, 1.82) is 0 Å². The fourth-order valence-electron chi connectivity index (χ4n) is 3.43. The number of nitrogens with two attached hydrogens (primary N) is 1. The second-order valence-corrected chi connectivity index (χ2v) is 6.61. The Bertz CT molecular complexity index is 846. The molecule has 0 radical (unpaired) electrons. The number of hydrogen-bond acceptors (Lipinski definition) is 5. The first-order chi connectivity index (χ1) is 12.2. The number of nitrogen functional groups attached to an aromatic ring is 1. The summed E-state index contributed by atoms with van der Waals surface area (Å²) in [7, 11) is 0. The van der Waals surface area contributed by atoms with Crippen LogP contribution in [0.3, 0.4) is 0 Å². The van der Waals surface area contributed by atoms with Crippen LogP contribution in [0.1, 0.15) is 12.5 Å². The Morgan fingerprint density at radius 3 is 2.44 bits per heavy atom. The van der Waals surface area contributed by atoms with Crippen molar-refractivity contribution in [3.05, 3.63) is 42.2 Å². The lowest BCUT2D eigenvalue weighted by Gasteiger charge is -2.34. The van der Waals surface area contributed by atoms with E-state index in [9.17, 15) is 0 Å². The summed E-state index contributed by atoms with van der Waals surface area (Å²) in [5.74, 6) is 0.510. The molecule has 1 aliphatic rings. The second kappa shape index (κ2) is 6.82. The average Bonchev–Trinajstić information content (AvgIpc) is 3.09. The van der Waals surface area contributed by atoms with Crippen LogP contribution in [0.15, 0.2) is 36.7 Å². The summed E-state index contributed by atoms with van der Waals surface area (Å²) >= 11 is 0. The van der Waals surface area contributed by atoms with Crippen molar-refractivity contribution in [1.82, 2.24) is 24.8 Å². The maximum atomic E-state index is 5.92. The molecule has 0 spiro atoms. The molecule has 4 rings (SSSR count). The molecule has 6 nitrogen and oxygen atoms in total. The summed E-state index contributed by atoms with van der Waals surface area (Å²) in [5.41, 5.74) is 10.2. The topological polar surface area (TPSA) is 74.1 Å². The maximum absolute atomic E-state index is 5.92.